The van der Waals surface area contributed by atoms with Gasteiger partial charge in [-0.2, -0.15) is 4.42 Å². The number of halogens is 1. The first kappa shape index (κ1) is 7.88. The molecule has 1 aromatic rings. The Kier molecular flexibility index (Phi) is 2.33. The minimum atomic E-state index is -1.43. The van der Waals surface area contributed by atoms with Gasteiger partial charge in [0.25, 0.3) is 0 Å². The molecule has 11 heavy (non-hydrogen) atoms. The fourth-order valence-electron chi connectivity index (χ4n) is 0.664. The van der Waals surface area contributed by atoms with Gasteiger partial charge in [-0.25, -0.2) is 9.90 Å². The molecule has 0 N–H and O–H groups in total. The monoisotopic (exact) mass is 170 g/mol. The Hall–Kier alpha value is -1.22. The molecule has 0 saturated carbocycles. The van der Waals surface area contributed by atoms with Crippen molar-refractivity contribution < 1.29 is 9.90 Å². The SMILES string of the molecule is [O]C(=O)N(Cl)c1ccccc1. The minimum absolute atomic E-state index is 0.383. The van der Waals surface area contributed by atoms with Crippen LogP contribution in [0.3, 0.4) is 0 Å². The van der Waals surface area contributed by atoms with E-state index in [2.05, 4.69) is 0 Å². The third-order valence-electron chi connectivity index (χ3n) is 1.14. The highest BCUT2D eigenvalue weighted by Crippen LogP contribution is 2.14. The van der Waals surface area contributed by atoms with Crippen molar-refractivity contribution in [1.29, 1.82) is 0 Å². The van der Waals surface area contributed by atoms with E-state index in [9.17, 15) is 9.90 Å². The number of hydrogen-bond acceptors (Lipinski definition) is 1. The fourth-order valence-corrected chi connectivity index (χ4v) is 0.777. The topological polar surface area (TPSA) is 40.2 Å². The van der Waals surface area contributed by atoms with E-state index in [1.165, 1.54) is 0 Å². The lowest BCUT2D eigenvalue weighted by molar-refractivity contribution is 0.181. The van der Waals surface area contributed by atoms with E-state index in [1.54, 1.807) is 30.3 Å². The average molecular weight is 171 g/mol. The van der Waals surface area contributed by atoms with Crippen molar-refractivity contribution in [2.24, 2.45) is 0 Å². The van der Waals surface area contributed by atoms with Crippen molar-refractivity contribution >= 4 is 23.6 Å². The molecule has 0 fully saturated rings. The Labute approximate surface area is 68.9 Å². The number of amides is 1. The first-order valence-electron chi connectivity index (χ1n) is 2.94. The summed E-state index contributed by atoms with van der Waals surface area (Å²) < 4.78 is 0.528. The van der Waals surface area contributed by atoms with Gasteiger partial charge in [0.05, 0.1) is 5.69 Å². The molecule has 0 aliphatic heterocycles. The van der Waals surface area contributed by atoms with Crippen LogP contribution in [0.2, 0.25) is 0 Å². The second-order valence-corrected chi connectivity index (χ2v) is 2.22. The van der Waals surface area contributed by atoms with Crippen LogP contribution >= 0.6 is 11.8 Å². The summed E-state index contributed by atoms with van der Waals surface area (Å²) in [6, 6.07) is 8.29. The van der Waals surface area contributed by atoms with Crippen LogP contribution in [0.15, 0.2) is 30.3 Å². The predicted octanol–water partition coefficient (Wildman–Crippen LogP) is 2.20. The Morgan fingerprint density at radius 1 is 1.27 bits per heavy atom. The lowest BCUT2D eigenvalue weighted by Gasteiger charge is -2.05. The molecule has 1 rings (SSSR count). The van der Waals surface area contributed by atoms with E-state index in [0.29, 0.717) is 10.1 Å². The molecule has 1 radical (unpaired) electrons. The molecule has 0 unspecified atom stereocenters. The summed E-state index contributed by atoms with van der Waals surface area (Å²) in [5.41, 5.74) is 0.383. The Morgan fingerprint density at radius 2 is 1.82 bits per heavy atom. The molecule has 0 aromatic heterocycles. The molecule has 57 valence electrons. The van der Waals surface area contributed by atoms with E-state index in [0.717, 1.165) is 0 Å². The lowest BCUT2D eigenvalue weighted by Crippen LogP contribution is -2.15. The highest BCUT2D eigenvalue weighted by atomic mass is 35.5. The second-order valence-electron chi connectivity index (χ2n) is 1.88. The number of hydrogen-bond donors (Lipinski definition) is 0. The van der Waals surface area contributed by atoms with Gasteiger partial charge >= 0.3 is 6.09 Å². The first-order chi connectivity index (χ1) is 5.22. The highest BCUT2D eigenvalue weighted by Gasteiger charge is 2.11. The molecule has 0 aliphatic carbocycles. The maximum Gasteiger partial charge on any atom is 0.472 e. The Morgan fingerprint density at radius 3 is 2.27 bits per heavy atom. The third-order valence-corrected chi connectivity index (χ3v) is 1.48. The molecule has 0 heterocycles. The maximum absolute atomic E-state index is 10.2. The predicted molar refractivity (Wildman–Crippen MR) is 40.9 cm³/mol. The number of benzene rings is 1. The maximum atomic E-state index is 10.2. The van der Waals surface area contributed by atoms with Crippen LogP contribution in [-0.2, 0) is 5.11 Å². The molecule has 4 heteroatoms. The molecule has 0 bridgehead atoms. The molecule has 0 saturated heterocycles. The van der Waals surface area contributed by atoms with Crippen LogP contribution in [0, 0.1) is 0 Å². The van der Waals surface area contributed by atoms with Gasteiger partial charge in [-0.05, 0) is 12.1 Å². The van der Waals surface area contributed by atoms with Crippen LogP contribution in [0.5, 0.6) is 0 Å². The van der Waals surface area contributed by atoms with Crippen molar-refractivity contribution in [3.63, 3.8) is 0 Å². The molecule has 3 nitrogen and oxygen atoms in total. The van der Waals surface area contributed by atoms with Gasteiger partial charge in [0, 0.05) is 11.8 Å². The first-order valence-corrected chi connectivity index (χ1v) is 3.27. The number of carbonyl (C=O) groups excluding carboxylic acids is 1. The smallest absolute Gasteiger partial charge is 0.218 e. The van der Waals surface area contributed by atoms with E-state index < -0.39 is 6.09 Å². The number of carbonyl (C=O) groups is 1. The summed E-state index contributed by atoms with van der Waals surface area (Å²) in [5, 5.41) is 10.2. The zero-order valence-corrected chi connectivity index (χ0v) is 6.28. The minimum Gasteiger partial charge on any atom is -0.218 e. The van der Waals surface area contributed by atoms with Gasteiger partial charge in [-0.15, -0.1) is 0 Å². The van der Waals surface area contributed by atoms with Crippen LogP contribution < -0.4 is 4.42 Å². The van der Waals surface area contributed by atoms with Crippen molar-refractivity contribution in [2.45, 2.75) is 0 Å². The van der Waals surface area contributed by atoms with E-state index in [4.69, 9.17) is 11.8 Å². The van der Waals surface area contributed by atoms with Crippen molar-refractivity contribution in [3.05, 3.63) is 30.3 Å². The van der Waals surface area contributed by atoms with Gasteiger partial charge < -0.3 is 0 Å². The van der Waals surface area contributed by atoms with Gasteiger partial charge in [0.1, 0.15) is 0 Å². The highest BCUT2D eigenvalue weighted by molar-refractivity contribution is 6.35. The molecule has 1 amide bonds. The van der Waals surface area contributed by atoms with Crippen molar-refractivity contribution in [2.75, 3.05) is 4.42 Å². The summed E-state index contributed by atoms with van der Waals surface area (Å²) in [7, 11) is 0. The third kappa shape index (κ3) is 1.85. The summed E-state index contributed by atoms with van der Waals surface area (Å²) in [5.74, 6) is 0. The molecule has 1 aromatic carbocycles. The Bertz CT molecular complexity index is 250. The number of nitrogens with zero attached hydrogens (tertiary/aromatic N) is 1. The number of para-hydroxylation sites is 1. The van der Waals surface area contributed by atoms with E-state index >= 15 is 0 Å². The number of rotatable bonds is 1. The van der Waals surface area contributed by atoms with Crippen molar-refractivity contribution in [3.8, 4) is 0 Å². The van der Waals surface area contributed by atoms with Crippen LogP contribution in [0.4, 0.5) is 10.5 Å². The van der Waals surface area contributed by atoms with Gasteiger partial charge in [0.2, 0.25) is 0 Å². The van der Waals surface area contributed by atoms with E-state index in [1.807, 2.05) is 0 Å². The molecular weight excluding hydrogens is 166 g/mol. The van der Waals surface area contributed by atoms with Crippen molar-refractivity contribution in [1.82, 2.24) is 0 Å². The van der Waals surface area contributed by atoms with Gasteiger partial charge in [0.15, 0.2) is 0 Å². The summed E-state index contributed by atoms with van der Waals surface area (Å²) in [6.07, 6.45) is -1.43. The largest absolute Gasteiger partial charge is 0.472 e. The standard InChI is InChI=1S/C7H5ClNO2/c8-9(7(10)11)6-4-2-1-3-5-6/h1-5H. The van der Waals surface area contributed by atoms with Gasteiger partial charge in [-0.1, -0.05) is 18.2 Å². The summed E-state index contributed by atoms with van der Waals surface area (Å²) in [4.78, 5) is 10.2. The quantitative estimate of drug-likeness (QED) is 0.596. The fraction of sp³-hybridized carbons (Fsp3) is 0. The summed E-state index contributed by atoms with van der Waals surface area (Å²) in [6.45, 7) is 0. The Balaban J connectivity index is 2.85. The van der Waals surface area contributed by atoms with E-state index in [-0.39, 0.29) is 0 Å². The van der Waals surface area contributed by atoms with Gasteiger partial charge in [-0.3, -0.25) is 0 Å². The normalized spacial score (nSPS) is 9.18. The molecule has 0 aliphatic rings. The van der Waals surface area contributed by atoms with Crippen LogP contribution in [-0.4, -0.2) is 6.09 Å². The zero-order chi connectivity index (χ0) is 8.27. The zero-order valence-electron chi connectivity index (χ0n) is 5.53. The average Bonchev–Trinajstić information content (AvgIpc) is 2.05. The molecule has 0 atom stereocenters. The lowest BCUT2D eigenvalue weighted by atomic mass is 10.3. The summed E-state index contributed by atoms with van der Waals surface area (Å²) >= 11 is 5.31. The number of anilines is 1. The molecule has 0 spiro atoms. The van der Waals surface area contributed by atoms with Crippen LogP contribution in [0.25, 0.3) is 0 Å². The molecular formula is C7H5ClNO2. The van der Waals surface area contributed by atoms with Crippen LogP contribution in [0.1, 0.15) is 0 Å². The second kappa shape index (κ2) is 3.25.